The van der Waals surface area contributed by atoms with Crippen LogP contribution in [0.4, 0.5) is 0 Å². The summed E-state index contributed by atoms with van der Waals surface area (Å²) >= 11 is 0. The predicted octanol–water partition coefficient (Wildman–Crippen LogP) is 3.17. The standard InChI is InChI=1S/C19H23NO4/c1-2-22-18(21)10-15-14-9-17-16(23-12-24-17)8-13(14)11-19(20-15)6-4-3-5-7-19/h8-10,20H,2-7,11-12H2,1H3/b15-10-. The third-order valence-corrected chi connectivity index (χ3v) is 5.18. The Bertz CT molecular complexity index is 689. The Hall–Kier alpha value is -2.17. The van der Waals surface area contributed by atoms with Crippen LogP contribution in [0.15, 0.2) is 18.2 Å². The minimum atomic E-state index is -0.309. The molecule has 3 aliphatic rings. The van der Waals surface area contributed by atoms with Gasteiger partial charge < -0.3 is 19.5 Å². The van der Waals surface area contributed by atoms with E-state index in [1.54, 1.807) is 6.08 Å². The highest BCUT2D eigenvalue weighted by Crippen LogP contribution is 2.43. The Balaban J connectivity index is 1.76. The molecule has 2 heterocycles. The molecule has 24 heavy (non-hydrogen) atoms. The highest BCUT2D eigenvalue weighted by atomic mass is 16.7. The molecule has 2 aliphatic heterocycles. The van der Waals surface area contributed by atoms with E-state index in [0.717, 1.165) is 42.0 Å². The molecule has 1 aliphatic carbocycles. The number of fused-ring (bicyclic) bond motifs is 2. The zero-order valence-corrected chi connectivity index (χ0v) is 14.0. The summed E-state index contributed by atoms with van der Waals surface area (Å²) in [6.07, 6.45) is 8.52. The second-order valence-corrected chi connectivity index (χ2v) is 6.82. The Morgan fingerprint density at radius 2 is 2.00 bits per heavy atom. The molecule has 1 aromatic carbocycles. The molecule has 1 spiro atoms. The van der Waals surface area contributed by atoms with Crippen LogP contribution in [0.25, 0.3) is 5.70 Å². The van der Waals surface area contributed by atoms with Crippen LogP contribution >= 0.6 is 0 Å². The van der Waals surface area contributed by atoms with E-state index in [0.29, 0.717) is 6.61 Å². The lowest BCUT2D eigenvalue weighted by atomic mass is 9.73. The lowest BCUT2D eigenvalue weighted by molar-refractivity contribution is -0.137. The maximum Gasteiger partial charge on any atom is 0.332 e. The summed E-state index contributed by atoms with van der Waals surface area (Å²) in [6.45, 7) is 2.45. The van der Waals surface area contributed by atoms with Gasteiger partial charge in [-0.1, -0.05) is 19.3 Å². The zero-order valence-electron chi connectivity index (χ0n) is 14.0. The summed E-state index contributed by atoms with van der Waals surface area (Å²) in [6, 6.07) is 4.05. The fraction of sp³-hybridized carbons (Fsp3) is 0.526. The van der Waals surface area contributed by atoms with Crippen LogP contribution in [-0.2, 0) is 16.0 Å². The second kappa shape index (κ2) is 6.04. The molecule has 0 amide bonds. The topological polar surface area (TPSA) is 56.8 Å². The first-order valence-electron chi connectivity index (χ1n) is 8.79. The average Bonchev–Trinajstić information content (AvgIpc) is 3.01. The summed E-state index contributed by atoms with van der Waals surface area (Å²) in [5.74, 6) is 1.23. The van der Waals surface area contributed by atoms with Gasteiger partial charge in [0, 0.05) is 22.9 Å². The van der Waals surface area contributed by atoms with Gasteiger partial charge in [-0.25, -0.2) is 4.79 Å². The van der Waals surface area contributed by atoms with Crippen LogP contribution < -0.4 is 14.8 Å². The smallest absolute Gasteiger partial charge is 0.332 e. The number of carbonyl (C=O) groups excluding carboxylic acids is 1. The molecule has 1 fully saturated rings. The van der Waals surface area contributed by atoms with Gasteiger partial charge in [0.2, 0.25) is 6.79 Å². The number of ether oxygens (including phenoxy) is 3. The largest absolute Gasteiger partial charge is 0.463 e. The summed E-state index contributed by atoms with van der Waals surface area (Å²) in [5, 5.41) is 3.67. The molecule has 0 atom stereocenters. The number of hydrogen-bond acceptors (Lipinski definition) is 5. The van der Waals surface area contributed by atoms with E-state index in [2.05, 4.69) is 11.4 Å². The Labute approximate surface area is 142 Å². The van der Waals surface area contributed by atoms with Crippen molar-refractivity contribution in [2.75, 3.05) is 13.4 Å². The molecule has 0 radical (unpaired) electrons. The molecule has 4 rings (SSSR count). The molecule has 0 aromatic heterocycles. The van der Waals surface area contributed by atoms with Crippen LogP contribution in [0, 0.1) is 0 Å². The predicted molar refractivity (Wildman–Crippen MR) is 89.8 cm³/mol. The third-order valence-electron chi connectivity index (χ3n) is 5.18. The van der Waals surface area contributed by atoms with Crippen molar-refractivity contribution in [3.63, 3.8) is 0 Å². The summed E-state index contributed by atoms with van der Waals surface area (Å²) in [7, 11) is 0. The van der Waals surface area contributed by atoms with Crippen LogP contribution in [-0.4, -0.2) is 24.9 Å². The first-order chi connectivity index (χ1) is 11.7. The monoisotopic (exact) mass is 329 g/mol. The van der Waals surface area contributed by atoms with Crippen molar-refractivity contribution in [3.8, 4) is 11.5 Å². The number of benzene rings is 1. The van der Waals surface area contributed by atoms with Gasteiger partial charge in [-0.15, -0.1) is 0 Å². The SMILES string of the molecule is CCOC(=O)/C=C1\NC2(CCCCC2)Cc2cc3c(cc21)OCO3. The average molecular weight is 329 g/mol. The first-order valence-corrected chi connectivity index (χ1v) is 8.79. The van der Waals surface area contributed by atoms with Gasteiger partial charge in [-0.3, -0.25) is 0 Å². The van der Waals surface area contributed by atoms with Gasteiger partial charge in [-0.05, 0) is 43.9 Å². The van der Waals surface area contributed by atoms with Crippen molar-refractivity contribution in [2.24, 2.45) is 0 Å². The first kappa shape index (κ1) is 15.4. The van der Waals surface area contributed by atoms with E-state index in [4.69, 9.17) is 14.2 Å². The van der Waals surface area contributed by atoms with Crippen LogP contribution in [0.5, 0.6) is 11.5 Å². The number of nitrogens with one attached hydrogen (secondary N) is 1. The fourth-order valence-corrected chi connectivity index (χ4v) is 4.09. The lowest BCUT2D eigenvalue weighted by Crippen LogP contribution is -2.50. The van der Waals surface area contributed by atoms with E-state index < -0.39 is 0 Å². The normalized spacial score (nSPS) is 22.1. The van der Waals surface area contributed by atoms with Gasteiger partial charge >= 0.3 is 5.97 Å². The summed E-state index contributed by atoms with van der Waals surface area (Å²) in [5.41, 5.74) is 3.12. The molecule has 1 N–H and O–H groups in total. The van der Waals surface area contributed by atoms with Crippen molar-refractivity contribution in [3.05, 3.63) is 29.3 Å². The molecular formula is C19H23NO4. The highest BCUT2D eigenvalue weighted by molar-refractivity contribution is 5.92. The number of hydrogen-bond donors (Lipinski definition) is 1. The van der Waals surface area contributed by atoms with Gasteiger partial charge in [0.15, 0.2) is 11.5 Å². The maximum atomic E-state index is 12.0. The quantitative estimate of drug-likeness (QED) is 0.667. The van der Waals surface area contributed by atoms with Gasteiger partial charge in [0.25, 0.3) is 0 Å². The van der Waals surface area contributed by atoms with E-state index in [-0.39, 0.29) is 18.3 Å². The van der Waals surface area contributed by atoms with E-state index in [1.165, 1.54) is 24.8 Å². The Morgan fingerprint density at radius 1 is 1.25 bits per heavy atom. The van der Waals surface area contributed by atoms with Crippen molar-refractivity contribution in [1.82, 2.24) is 5.32 Å². The number of rotatable bonds is 2. The number of esters is 1. The lowest BCUT2D eigenvalue weighted by Gasteiger charge is -2.44. The minimum Gasteiger partial charge on any atom is -0.463 e. The van der Waals surface area contributed by atoms with Gasteiger partial charge in [-0.2, -0.15) is 0 Å². The van der Waals surface area contributed by atoms with E-state index in [9.17, 15) is 4.79 Å². The van der Waals surface area contributed by atoms with Gasteiger partial charge in [0.1, 0.15) is 0 Å². The van der Waals surface area contributed by atoms with Gasteiger partial charge in [0.05, 0.1) is 6.61 Å². The Kier molecular flexibility index (Phi) is 3.87. The molecule has 0 bridgehead atoms. The second-order valence-electron chi connectivity index (χ2n) is 6.82. The van der Waals surface area contributed by atoms with Crippen LogP contribution in [0.1, 0.15) is 50.2 Å². The molecule has 5 nitrogen and oxygen atoms in total. The maximum absolute atomic E-state index is 12.0. The van der Waals surface area contributed by atoms with Crippen molar-refractivity contribution in [1.29, 1.82) is 0 Å². The van der Waals surface area contributed by atoms with E-state index in [1.807, 2.05) is 13.0 Å². The van der Waals surface area contributed by atoms with Crippen molar-refractivity contribution in [2.45, 2.75) is 51.0 Å². The summed E-state index contributed by atoms with van der Waals surface area (Å²) in [4.78, 5) is 12.0. The van der Waals surface area contributed by atoms with Crippen LogP contribution in [0.3, 0.4) is 0 Å². The molecule has 0 unspecified atom stereocenters. The minimum absolute atomic E-state index is 0.0390. The third kappa shape index (κ3) is 2.72. The molecule has 128 valence electrons. The molecule has 5 heteroatoms. The zero-order chi connectivity index (χ0) is 16.6. The summed E-state index contributed by atoms with van der Waals surface area (Å²) < 4.78 is 16.2. The number of carbonyl (C=O) groups is 1. The van der Waals surface area contributed by atoms with Crippen LogP contribution in [0.2, 0.25) is 0 Å². The van der Waals surface area contributed by atoms with E-state index >= 15 is 0 Å². The molecular weight excluding hydrogens is 306 g/mol. The molecule has 1 saturated carbocycles. The highest BCUT2D eigenvalue weighted by Gasteiger charge is 2.38. The fourth-order valence-electron chi connectivity index (χ4n) is 4.09. The van der Waals surface area contributed by atoms with Crippen molar-refractivity contribution >= 4 is 11.7 Å². The molecule has 0 saturated heterocycles. The molecule has 1 aromatic rings. The van der Waals surface area contributed by atoms with Crippen molar-refractivity contribution < 1.29 is 19.0 Å². The Morgan fingerprint density at radius 3 is 2.75 bits per heavy atom.